The first kappa shape index (κ1) is 21.3. The van der Waals surface area contributed by atoms with Crippen LogP contribution >= 0.6 is 0 Å². The van der Waals surface area contributed by atoms with E-state index >= 15 is 0 Å². The number of nitrogens with one attached hydrogen (secondary N) is 1. The third-order valence-corrected chi connectivity index (χ3v) is 7.00. The summed E-state index contributed by atoms with van der Waals surface area (Å²) in [5, 5.41) is 13.9. The maximum atomic E-state index is 13.2. The third kappa shape index (κ3) is 3.71. The summed E-state index contributed by atoms with van der Waals surface area (Å²) < 4.78 is 7.80. The number of rotatable bonds is 4. The Labute approximate surface area is 202 Å². The van der Waals surface area contributed by atoms with Gasteiger partial charge in [-0.3, -0.25) is 4.79 Å². The van der Waals surface area contributed by atoms with E-state index in [-0.39, 0.29) is 5.91 Å². The van der Waals surface area contributed by atoms with Gasteiger partial charge in [0, 0.05) is 17.1 Å². The van der Waals surface area contributed by atoms with Crippen LogP contribution in [0.3, 0.4) is 0 Å². The fourth-order valence-electron chi connectivity index (χ4n) is 4.91. The minimum absolute atomic E-state index is 0.286. The summed E-state index contributed by atoms with van der Waals surface area (Å²) in [6.45, 7) is 2.17. The molecule has 0 radical (unpaired) electrons. The molecule has 2 fully saturated rings. The first-order chi connectivity index (χ1) is 17.0. The topological polar surface area (TPSA) is 92.7 Å². The van der Waals surface area contributed by atoms with Crippen molar-refractivity contribution in [2.24, 2.45) is 11.0 Å². The zero-order valence-corrected chi connectivity index (χ0v) is 19.3. The second-order valence-electron chi connectivity index (χ2n) is 9.42. The molecule has 1 saturated carbocycles. The van der Waals surface area contributed by atoms with E-state index in [1.54, 1.807) is 4.68 Å². The molecule has 1 spiro atoms. The summed E-state index contributed by atoms with van der Waals surface area (Å²) in [7, 11) is 0. The lowest BCUT2D eigenvalue weighted by Gasteiger charge is -2.33. The van der Waals surface area contributed by atoms with Crippen molar-refractivity contribution in [1.82, 2.24) is 20.1 Å². The van der Waals surface area contributed by atoms with E-state index in [0.717, 1.165) is 34.5 Å². The Morgan fingerprint density at radius 2 is 1.83 bits per heavy atom. The van der Waals surface area contributed by atoms with Gasteiger partial charge in [0.05, 0.1) is 11.9 Å². The zero-order chi connectivity index (χ0) is 24.0. The predicted molar refractivity (Wildman–Crippen MR) is 132 cm³/mol. The molecular formula is C27H25N5O3. The lowest BCUT2D eigenvalue weighted by atomic mass is 9.77. The van der Waals surface area contributed by atoms with Gasteiger partial charge in [-0.15, -0.1) is 5.01 Å². The number of fused-ring (bicyclic) bond motifs is 1. The van der Waals surface area contributed by atoms with Crippen LogP contribution in [0.4, 0.5) is 4.79 Å². The molecule has 0 atom stereocenters. The molecule has 2 aromatic heterocycles. The molecule has 176 valence electrons. The molecule has 1 saturated heterocycles. The number of aromatic nitrogens is 2. The molecule has 0 unspecified atom stereocenters. The average molecular weight is 468 g/mol. The van der Waals surface area contributed by atoms with Crippen molar-refractivity contribution in [1.29, 1.82) is 0 Å². The number of carbonyl (C=O) groups excluding carboxylic acids is 2. The highest BCUT2D eigenvalue weighted by atomic mass is 16.3. The maximum Gasteiger partial charge on any atom is 0.346 e. The summed E-state index contributed by atoms with van der Waals surface area (Å²) in [6.07, 6.45) is 6.42. The lowest BCUT2D eigenvalue weighted by Crippen LogP contribution is -2.49. The number of hydrazone groups is 1. The first-order valence-electron chi connectivity index (χ1n) is 11.9. The van der Waals surface area contributed by atoms with Crippen molar-refractivity contribution >= 4 is 29.1 Å². The van der Waals surface area contributed by atoms with Gasteiger partial charge in [0.1, 0.15) is 16.8 Å². The lowest BCUT2D eigenvalue weighted by molar-refractivity contribution is -0.132. The van der Waals surface area contributed by atoms with Crippen LogP contribution < -0.4 is 5.32 Å². The van der Waals surface area contributed by atoms with Crippen LogP contribution in [0.25, 0.3) is 28.1 Å². The summed E-state index contributed by atoms with van der Waals surface area (Å²) >= 11 is 0. The number of benzene rings is 2. The van der Waals surface area contributed by atoms with E-state index in [0.29, 0.717) is 35.8 Å². The fraction of sp³-hybridized carbons (Fsp3) is 0.259. The summed E-state index contributed by atoms with van der Waals surface area (Å²) in [5.41, 5.74) is 1.99. The quantitative estimate of drug-likeness (QED) is 0.333. The van der Waals surface area contributed by atoms with Crippen LogP contribution in [-0.2, 0) is 4.79 Å². The van der Waals surface area contributed by atoms with Crippen LogP contribution in [0, 0.1) is 5.92 Å². The highest BCUT2D eigenvalue weighted by molar-refractivity contribution is 6.07. The second-order valence-corrected chi connectivity index (χ2v) is 9.42. The number of para-hydroxylation sites is 2. The number of imide groups is 1. The van der Waals surface area contributed by atoms with Crippen LogP contribution in [-0.4, -0.2) is 38.5 Å². The molecule has 2 aromatic carbocycles. The van der Waals surface area contributed by atoms with E-state index in [2.05, 4.69) is 17.3 Å². The van der Waals surface area contributed by atoms with Gasteiger partial charge in [-0.2, -0.15) is 10.2 Å². The van der Waals surface area contributed by atoms with E-state index in [9.17, 15) is 9.59 Å². The normalized spacial score (nSPS) is 22.5. The van der Waals surface area contributed by atoms with Gasteiger partial charge >= 0.3 is 6.03 Å². The highest BCUT2D eigenvalue weighted by Crippen LogP contribution is 2.36. The van der Waals surface area contributed by atoms with Crippen molar-refractivity contribution in [2.45, 2.75) is 38.1 Å². The van der Waals surface area contributed by atoms with Crippen molar-refractivity contribution < 1.29 is 14.0 Å². The number of urea groups is 1. The average Bonchev–Trinajstić information content (AvgIpc) is 3.55. The zero-order valence-electron chi connectivity index (χ0n) is 19.3. The highest BCUT2D eigenvalue weighted by Gasteiger charge is 2.52. The predicted octanol–water partition coefficient (Wildman–Crippen LogP) is 5.12. The van der Waals surface area contributed by atoms with Crippen molar-refractivity contribution in [3.63, 3.8) is 0 Å². The Morgan fingerprint density at radius 1 is 1.09 bits per heavy atom. The molecule has 0 bridgehead atoms. The molecule has 3 amide bonds. The van der Waals surface area contributed by atoms with E-state index in [4.69, 9.17) is 9.52 Å². The Bertz CT molecular complexity index is 1410. The molecule has 8 heteroatoms. The maximum absolute atomic E-state index is 13.2. The van der Waals surface area contributed by atoms with Gasteiger partial charge in [-0.05, 0) is 55.9 Å². The van der Waals surface area contributed by atoms with Gasteiger partial charge in [-0.1, -0.05) is 43.3 Å². The van der Waals surface area contributed by atoms with E-state index in [1.807, 2.05) is 66.9 Å². The molecule has 6 rings (SSSR count). The second kappa shape index (κ2) is 8.23. The van der Waals surface area contributed by atoms with Gasteiger partial charge in [0.15, 0.2) is 5.76 Å². The first-order valence-corrected chi connectivity index (χ1v) is 11.9. The third-order valence-electron chi connectivity index (χ3n) is 7.00. The molecule has 35 heavy (non-hydrogen) atoms. The molecule has 4 aromatic rings. The molecular weight excluding hydrogens is 442 g/mol. The standard InChI is InChI=1S/C27H25N5O3/c1-18-11-13-27(14-12-18)25(33)32(26(34)29-27)28-16-20-17-31(21-8-3-2-4-9-21)30-24(20)23-15-19-7-5-6-10-22(19)35-23/h2-10,15-18H,11-14H2,1H3,(H,29,34). The van der Waals surface area contributed by atoms with E-state index < -0.39 is 11.6 Å². The number of carbonyl (C=O) groups is 2. The molecule has 1 N–H and O–H groups in total. The number of nitrogens with zero attached hydrogens (tertiary/aromatic N) is 4. The number of hydrogen-bond donors (Lipinski definition) is 1. The van der Waals surface area contributed by atoms with Crippen LogP contribution in [0.2, 0.25) is 0 Å². The van der Waals surface area contributed by atoms with Gasteiger partial charge in [0.25, 0.3) is 5.91 Å². The van der Waals surface area contributed by atoms with Crippen molar-refractivity contribution in [3.8, 4) is 17.1 Å². The van der Waals surface area contributed by atoms with Gasteiger partial charge in [-0.25, -0.2) is 9.48 Å². The monoisotopic (exact) mass is 467 g/mol. The largest absolute Gasteiger partial charge is 0.454 e. The van der Waals surface area contributed by atoms with Crippen LogP contribution in [0.15, 0.2) is 76.4 Å². The Hall–Kier alpha value is -4.20. The molecule has 1 aliphatic heterocycles. The minimum Gasteiger partial charge on any atom is -0.454 e. The Morgan fingerprint density at radius 3 is 2.60 bits per heavy atom. The Kier molecular flexibility index (Phi) is 5.02. The van der Waals surface area contributed by atoms with Crippen molar-refractivity contribution in [2.75, 3.05) is 0 Å². The van der Waals surface area contributed by atoms with Crippen molar-refractivity contribution in [3.05, 3.63) is 72.4 Å². The van der Waals surface area contributed by atoms with Gasteiger partial charge < -0.3 is 9.73 Å². The summed E-state index contributed by atoms with van der Waals surface area (Å²) in [4.78, 5) is 25.9. The molecule has 2 aliphatic rings. The van der Waals surface area contributed by atoms with E-state index in [1.165, 1.54) is 6.21 Å². The fourth-order valence-corrected chi connectivity index (χ4v) is 4.91. The minimum atomic E-state index is -0.837. The van der Waals surface area contributed by atoms with Crippen LogP contribution in [0.5, 0.6) is 0 Å². The van der Waals surface area contributed by atoms with Gasteiger partial charge in [0.2, 0.25) is 0 Å². The summed E-state index contributed by atoms with van der Waals surface area (Å²) in [5.74, 6) is 0.849. The Balaban J connectivity index is 1.37. The molecule has 8 nitrogen and oxygen atoms in total. The number of furan rings is 1. The summed E-state index contributed by atoms with van der Waals surface area (Å²) in [6, 6.07) is 18.9. The number of amides is 3. The molecule has 3 heterocycles. The van der Waals surface area contributed by atoms with Crippen LogP contribution in [0.1, 0.15) is 38.2 Å². The number of hydrogen-bond acceptors (Lipinski definition) is 5. The smallest absolute Gasteiger partial charge is 0.346 e. The molecule has 1 aliphatic carbocycles. The SMILES string of the molecule is CC1CCC2(CC1)NC(=O)N(N=Cc1cn(-c3ccccc3)nc1-c1cc3ccccc3o1)C2=O.